The number of rotatable bonds is 2. The van der Waals surface area contributed by atoms with Gasteiger partial charge in [0.2, 0.25) is 0 Å². The molecule has 0 spiro atoms. The van der Waals surface area contributed by atoms with Crippen molar-refractivity contribution in [1.29, 1.82) is 0 Å². The van der Waals surface area contributed by atoms with Crippen LogP contribution in [0.3, 0.4) is 0 Å². The molecule has 1 heterocycles. The predicted octanol–water partition coefficient (Wildman–Crippen LogP) is 2.10. The molecule has 2 N–H and O–H groups in total. The van der Waals surface area contributed by atoms with Crippen molar-refractivity contribution in [2.75, 3.05) is 13.1 Å². The highest BCUT2D eigenvalue weighted by molar-refractivity contribution is 9.10. The Morgan fingerprint density at radius 3 is 3.00 bits per heavy atom. The zero-order valence-electron chi connectivity index (χ0n) is 8.92. The van der Waals surface area contributed by atoms with E-state index >= 15 is 0 Å². The molecule has 1 fully saturated rings. The smallest absolute Gasteiger partial charge is 0.124 e. The van der Waals surface area contributed by atoms with Crippen molar-refractivity contribution >= 4 is 15.9 Å². The lowest BCUT2D eigenvalue weighted by Crippen LogP contribution is -2.40. The number of hydrogen-bond donors (Lipinski definition) is 2. The van der Waals surface area contributed by atoms with Crippen molar-refractivity contribution in [2.45, 2.75) is 18.9 Å². The fraction of sp³-hybridized carbons (Fsp3) is 0.500. The normalized spacial score (nSPS) is 25.7. The van der Waals surface area contributed by atoms with Gasteiger partial charge in [0, 0.05) is 16.9 Å². The molecule has 0 aromatic heterocycles. The quantitative estimate of drug-likeness (QED) is 0.873. The predicted molar refractivity (Wildman–Crippen MR) is 64.8 cm³/mol. The van der Waals surface area contributed by atoms with E-state index in [2.05, 4.69) is 21.2 Å². The Labute approximate surface area is 103 Å². The van der Waals surface area contributed by atoms with Gasteiger partial charge in [-0.25, -0.2) is 4.39 Å². The van der Waals surface area contributed by atoms with Gasteiger partial charge in [0.05, 0.1) is 6.10 Å². The van der Waals surface area contributed by atoms with Gasteiger partial charge in [-0.15, -0.1) is 0 Å². The van der Waals surface area contributed by atoms with Crippen LogP contribution < -0.4 is 5.32 Å². The molecule has 2 atom stereocenters. The molecule has 0 saturated carbocycles. The maximum Gasteiger partial charge on any atom is 0.124 e. The summed E-state index contributed by atoms with van der Waals surface area (Å²) in [4.78, 5) is 0. The van der Waals surface area contributed by atoms with E-state index in [0.717, 1.165) is 36.0 Å². The molecular weight excluding hydrogens is 273 g/mol. The molecule has 0 radical (unpaired) electrons. The minimum atomic E-state index is -0.252. The van der Waals surface area contributed by atoms with Crippen LogP contribution in [0.15, 0.2) is 22.7 Å². The van der Waals surface area contributed by atoms with Crippen LogP contribution in [0.1, 0.15) is 12.0 Å². The van der Waals surface area contributed by atoms with E-state index in [1.54, 1.807) is 6.07 Å². The Kier molecular flexibility index (Phi) is 3.95. The summed E-state index contributed by atoms with van der Waals surface area (Å²) in [5.74, 6) is -0.0200. The summed E-state index contributed by atoms with van der Waals surface area (Å²) in [7, 11) is 0. The van der Waals surface area contributed by atoms with E-state index in [1.165, 1.54) is 12.1 Å². The molecule has 16 heavy (non-hydrogen) atoms. The van der Waals surface area contributed by atoms with Crippen LogP contribution in [0, 0.1) is 11.7 Å². The number of piperidine rings is 1. The average Bonchev–Trinajstić information content (AvgIpc) is 2.25. The van der Waals surface area contributed by atoms with E-state index in [4.69, 9.17) is 0 Å². The van der Waals surface area contributed by atoms with Crippen LogP contribution in [0.4, 0.5) is 4.39 Å². The van der Waals surface area contributed by atoms with E-state index in [9.17, 15) is 9.50 Å². The molecule has 2 unspecified atom stereocenters. The number of aliphatic hydroxyl groups is 1. The van der Waals surface area contributed by atoms with Crippen molar-refractivity contribution in [2.24, 2.45) is 5.92 Å². The molecular formula is C12H15BrFNO. The summed E-state index contributed by atoms with van der Waals surface area (Å²) in [6.45, 7) is 1.70. The third-order valence-corrected chi connectivity index (χ3v) is 3.80. The first-order chi connectivity index (χ1) is 7.66. The second kappa shape index (κ2) is 5.25. The van der Waals surface area contributed by atoms with Gasteiger partial charge in [-0.2, -0.15) is 0 Å². The van der Waals surface area contributed by atoms with Crippen molar-refractivity contribution in [3.63, 3.8) is 0 Å². The molecule has 2 nitrogen and oxygen atoms in total. The van der Waals surface area contributed by atoms with Gasteiger partial charge in [-0.3, -0.25) is 0 Å². The highest BCUT2D eigenvalue weighted by Gasteiger charge is 2.23. The maximum atomic E-state index is 12.9. The highest BCUT2D eigenvalue weighted by Crippen LogP contribution is 2.24. The first kappa shape index (κ1) is 12.0. The van der Waals surface area contributed by atoms with Crippen LogP contribution in [0.5, 0.6) is 0 Å². The highest BCUT2D eigenvalue weighted by atomic mass is 79.9. The summed E-state index contributed by atoms with van der Waals surface area (Å²) in [5, 5.41) is 13.1. The van der Waals surface area contributed by atoms with Crippen molar-refractivity contribution < 1.29 is 9.50 Å². The Hall–Kier alpha value is -0.450. The zero-order valence-corrected chi connectivity index (χ0v) is 10.5. The number of hydrogen-bond acceptors (Lipinski definition) is 2. The molecule has 1 aromatic carbocycles. The average molecular weight is 288 g/mol. The molecule has 1 aliphatic heterocycles. The Morgan fingerprint density at radius 2 is 2.31 bits per heavy atom. The fourth-order valence-corrected chi connectivity index (χ4v) is 2.60. The van der Waals surface area contributed by atoms with Crippen molar-refractivity contribution in [1.82, 2.24) is 5.32 Å². The molecule has 1 aromatic rings. The summed E-state index contributed by atoms with van der Waals surface area (Å²) in [6, 6.07) is 4.71. The molecule has 88 valence electrons. The number of nitrogens with one attached hydrogen (secondary N) is 1. The van der Waals surface area contributed by atoms with Crippen LogP contribution in [0.2, 0.25) is 0 Å². The summed E-state index contributed by atoms with van der Waals surface area (Å²) in [5.41, 5.74) is 1.05. The van der Waals surface area contributed by atoms with Gasteiger partial charge in [0.15, 0.2) is 0 Å². The topological polar surface area (TPSA) is 32.3 Å². The molecule has 0 amide bonds. The fourth-order valence-electron chi connectivity index (χ4n) is 2.09. The van der Waals surface area contributed by atoms with Crippen molar-refractivity contribution in [3.8, 4) is 0 Å². The summed E-state index contributed by atoms with van der Waals surface area (Å²) >= 11 is 3.35. The second-order valence-corrected chi connectivity index (χ2v) is 5.11. The summed E-state index contributed by atoms with van der Waals surface area (Å²) < 4.78 is 13.7. The van der Waals surface area contributed by atoms with Gasteiger partial charge in [0.25, 0.3) is 0 Å². The largest absolute Gasteiger partial charge is 0.393 e. The van der Waals surface area contributed by atoms with E-state index < -0.39 is 0 Å². The van der Waals surface area contributed by atoms with Gasteiger partial charge in [-0.1, -0.05) is 22.0 Å². The first-order valence-corrected chi connectivity index (χ1v) is 6.29. The lowest BCUT2D eigenvalue weighted by Gasteiger charge is -2.28. The molecule has 0 bridgehead atoms. The lowest BCUT2D eigenvalue weighted by atomic mass is 9.90. The second-order valence-electron chi connectivity index (χ2n) is 4.26. The SMILES string of the molecule is OC1CCNCC1Cc1ccc(F)cc1Br. The lowest BCUT2D eigenvalue weighted by molar-refractivity contribution is 0.0791. The molecule has 1 aliphatic rings. The molecule has 1 saturated heterocycles. The van der Waals surface area contributed by atoms with E-state index in [1.807, 2.05) is 0 Å². The summed E-state index contributed by atoms with van der Waals surface area (Å²) in [6.07, 6.45) is 1.32. The Balaban J connectivity index is 2.07. The first-order valence-electron chi connectivity index (χ1n) is 5.49. The van der Waals surface area contributed by atoms with Crippen LogP contribution in [0.25, 0.3) is 0 Å². The number of halogens is 2. The monoisotopic (exact) mass is 287 g/mol. The Morgan fingerprint density at radius 1 is 1.50 bits per heavy atom. The standard InChI is InChI=1S/C12H15BrFNO/c13-11-6-10(14)2-1-8(11)5-9-7-15-4-3-12(9)16/h1-2,6,9,12,15-16H,3-5,7H2. The number of benzene rings is 1. The third kappa shape index (κ3) is 2.81. The van der Waals surface area contributed by atoms with Gasteiger partial charge >= 0.3 is 0 Å². The minimum absolute atomic E-state index is 0.218. The number of aliphatic hydroxyl groups excluding tert-OH is 1. The van der Waals surface area contributed by atoms with Gasteiger partial charge in [0.1, 0.15) is 5.82 Å². The zero-order chi connectivity index (χ0) is 11.5. The van der Waals surface area contributed by atoms with Crippen LogP contribution >= 0.6 is 15.9 Å². The van der Waals surface area contributed by atoms with Gasteiger partial charge < -0.3 is 10.4 Å². The van der Waals surface area contributed by atoms with Gasteiger partial charge in [-0.05, 0) is 37.1 Å². The van der Waals surface area contributed by atoms with Crippen molar-refractivity contribution in [3.05, 3.63) is 34.1 Å². The van der Waals surface area contributed by atoms with Crippen LogP contribution in [-0.2, 0) is 6.42 Å². The third-order valence-electron chi connectivity index (χ3n) is 3.06. The molecule has 2 rings (SSSR count). The minimum Gasteiger partial charge on any atom is -0.393 e. The molecule has 0 aliphatic carbocycles. The van der Waals surface area contributed by atoms with E-state index in [-0.39, 0.29) is 17.8 Å². The Bertz CT molecular complexity index is 372. The van der Waals surface area contributed by atoms with Crippen LogP contribution in [-0.4, -0.2) is 24.3 Å². The molecule has 4 heteroatoms. The maximum absolute atomic E-state index is 12.9. The van der Waals surface area contributed by atoms with E-state index in [0.29, 0.717) is 0 Å².